The monoisotopic (exact) mass is 420 g/mol. The SMILES string of the molecule is CC(=O)Nc1cccc(-n2c(C)nnc2SCc2nnc(-c3ccc(C)cc3)o2)c1. The van der Waals surface area contributed by atoms with Crippen LogP contribution in [0.25, 0.3) is 17.1 Å². The lowest BCUT2D eigenvalue weighted by Gasteiger charge is -2.10. The molecule has 0 unspecified atom stereocenters. The van der Waals surface area contributed by atoms with Gasteiger partial charge < -0.3 is 9.73 Å². The quantitative estimate of drug-likeness (QED) is 0.467. The van der Waals surface area contributed by atoms with Gasteiger partial charge in [0.25, 0.3) is 0 Å². The molecule has 1 amide bonds. The minimum atomic E-state index is -0.122. The molecule has 2 aromatic heterocycles. The second-order valence-corrected chi connectivity index (χ2v) is 7.69. The van der Waals surface area contributed by atoms with Gasteiger partial charge in [-0.1, -0.05) is 35.5 Å². The standard InChI is InChI=1S/C21H20N6O2S/c1-13-7-9-16(10-8-13)20-25-24-19(29-20)12-30-21-26-23-14(2)27(21)18-6-4-5-17(11-18)22-15(3)28/h4-11H,12H2,1-3H3,(H,22,28). The van der Waals surface area contributed by atoms with E-state index in [1.165, 1.54) is 24.2 Å². The highest BCUT2D eigenvalue weighted by molar-refractivity contribution is 7.98. The van der Waals surface area contributed by atoms with E-state index in [4.69, 9.17) is 4.42 Å². The highest BCUT2D eigenvalue weighted by atomic mass is 32.2. The zero-order valence-electron chi connectivity index (χ0n) is 16.8. The zero-order chi connectivity index (χ0) is 21.1. The van der Waals surface area contributed by atoms with E-state index < -0.39 is 0 Å². The fraction of sp³-hybridized carbons (Fsp3) is 0.190. The topological polar surface area (TPSA) is 98.7 Å². The van der Waals surface area contributed by atoms with E-state index in [2.05, 4.69) is 25.7 Å². The summed E-state index contributed by atoms with van der Waals surface area (Å²) in [5, 5.41) is 20.2. The van der Waals surface area contributed by atoms with Crippen molar-refractivity contribution in [2.24, 2.45) is 0 Å². The van der Waals surface area contributed by atoms with E-state index in [1.54, 1.807) is 0 Å². The third-order valence-corrected chi connectivity index (χ3v) is 5.22. The van der Waals surface area contributed by atoms with Crippen molar-refractivity contribution in [3.63, 3.8) is 0 Å². The van der Waals surface area contributed by atoms with E-state index in [-0.39, 0.29) is 5.91 Å². The molecule has 2 heterocycles. The Hall–Kier alpha value is -3.46. The van der Waals surface area contributed by atoms with Crippen LogP contribution in [-0.4, -0.2) is 30.9 Å². The molecular weight excluding hydrogens is 400 g/mol. The summed E-state index contributed by atoms with van der Waals surface area (Å²) in [5.41, 5.74) is 3.63. The number of carbonyl (C=O) groups excluding carboxylic acids is 1. The normalized spacial score (nSPS) is 10.9. The van der Waals surface area contributed by atoms with Crippen LogP contribution in [0.2, 0.25) is 0 Å². The van der Waals surface area contributed by atoms with Crippen LogP contribution in [0.1, 0.15) is 24.2 Å². The molecule has 9 heteroatoms. The van der Waals surface area contributed by atoms with Gasteiger partial charge in [0.1, 0.15) is 5.82 Å². The molecule has 30 heavy (non-hydrogen) atoms. The molecule has 0 radical (unpaired) electrons. The van der Waals surface area contributed by atoms with Gasteiger partial charge in [0.2, 0.25) is 17.7 Å². The summed E-state index contributed by atoms with van der Waals surface area (Å²) in [6.07, 6.45) is 0. The Morgan fingerprint density at radius 2 is 1.87 bits per heavy atom. The second-order valence-electron chi connectivity index (χ2n) is 6.75. The van der Waals surface area contributed by atoms with Crippen molar-refractivity contribution in [2.75, 3.05) is 5.32 Å². The molecule has 2 aromatic carbocycles. The Labute approximate surface area is 177 Å². The molecule has 0 spiro atoms. The average molecular weight is 420 g/mol. The minimum Gasteiger partial charge on any atom is -0.420 e. The maximum atomic E-state index is 11.4. The predicted molar refractivity (Wildman–Crippen MR) is 114 cm³/mol. The Balaban J connectivity index is 1.52. The molecule has 1 N–H and O–H groups in total. The van der Waals surface area contributed by atoms with Crippen molar-refractivity contribution in [2.45, 2.75) is 31.7 Å². The smallest absolute Gasteiger partial charge is 0.247 e. The van der Waals surface area contributed by atoms with E-state index >= 15 is 0 Å². The summed E-state index contributed by atoms with van der Waals surface area (Å²) >= 11 is 1.45. The number of thioether (sulfide) groups is 1. The van der Waals surface area contributed by atoms with E-state index in [1.807, 2.05) is 66.9 Å². The van der Waals surface area contributed by atoms with Crippen molar-refractivity contribution in [3.05, 3.63) is 65.8 Å². The number of anilines is 1. The molecule has 4 aromatic rings. The highest BCUT2D eigenvalue weighted by Gasteiger charge is 2.15. The maximum Gasteiger partial charge on any atom is 0.247 e. The fourth-order valence-corrected chi connectivity index (χ4v) is 3.75. The van der Waals surface area contributed by atoms with E-state index in [9.17, 15) is 4.79 Å². The Kier molecular flexibility index (Phi) is 5.62. The molecule has 0 aliphatic rings. The zero-order valence-corrected chi connectivity index (χ0v) is 17.6. The van der Waals surface area contributed by atoms with Crippen LogP contribution >= 0.6 is 11.8 Å². The Morgan fingerprint density at radius 1 is 1.07 bits per heavy atom. The number of carbonyl (C=O) groups is 1. The predicted octanol–water partition coefficient (Wildman–Crippen LogP) is 4.18. The number of benzene rings is 2. The highest BCUT2D eigenvalue weighted by Crippen LogP contribution is 2.27. The summed E-state index contributed by atoms with van der Waals surface area (Å²) in [7, 11) is 0. The molecule has 0 saturated heterocycles. The number of hydrogen-bond acceptors (Lipinski definition) is 7. The molecule has 0 fully saturated rings. The van der Waals surface area contributed by atoms with Gasteiger partial charge in [-0.2, -0.15) is 0 Å². The van der Waals surface area contributed by atoms with Gasteiger partial charge in [-0.25, -0.2) is 0 Å². The van der Waals surface area contributed by atoms with Gasteiger partial charge in [-0.15, -0.1) is 20.4 Å². The lowest BCUT2D eigenvalue weighted by Crippen LogP contribution is -2.07. The molecule has 0 bridgehead atoms. The molecule has 4 rings (SSSR count). The molecule has 0 saturated carbocycles. The summed E-state index contributed by atoms with van der Waals surface area (Å²) in [6, 6.07) is 15.5. The lowest BCUT2D eigenvalue weighted by atomic mass is 10.1. The molecular formula is C21H20N6O2S. The van der Waals surface area contributed by atoms with Crippen molar-refractivity contribution >= 4 is 23.4 Å². The summed E-state index contributed by atoms with van der Waals surface area (Å²) < 4.78 is 7.72. The summed E-state index contributed by atoms with van der Waals surface area (Å²) in [6.45, 7) is 5.39. The maximum absolute atomic E-state index is 11.4. The van der Waals surface area contributed by atoms with Gasteiger partial charge in [0.15, 0.2) is 5.16 Å². The van der Waals surface area contributed by atoms with E-state index in [0.29, 0.717) is 28.4 Å². The largest absolute Gasteiger partial charge is 0.420 e. The van der Waals surface area contributed by atoms with Crippen molar-refractivity contribution in [3.8, 4) is 17.1 Å². The first-order valence-corrected chi connectivity index (χ1v) is 10.3. The van der Waals surface area contributed by atoms with Gasteiger partial charge >= 0.3 is 0 Å². The molecule has 152 valence electrons. The van der Waals surface area contributed by atoms with Crippen molar-refractivity contribution < 1.29 is 9.21 Å². The van der Waals surface area contributed by atoms with Gasteiger partial charge in [0.05, 0.1) is 11.4 Å². The van der Waals surface area contributed by atoms with Crippen LogP contribution in [0, 0.1) is 13.8 Å². The minimum absolute atomic E-state index is 0.122. The average Bonchev–Trinajstić information content (AvgIpc) is 3.33. The van der Waals surface area contributed by atoms with Gasteiger partial charge in [0, 0.05) is 18.2 Å². The second kappa shape index (κ2) is 8.50. The third kappa shape index (κ3) is 4.41. The van der Waals surface area contributed by atoms with Crippen LogP contribution in [0.3, 0.4) is 0 Å². The lowest BCUT2D eigenvalue weighted by molar-refractivity contribution is -0.114. The number of aromatic nitrogens is 5. The number of hydrogen-bond donors (Lipinski definition) is 1. The molecule has 0 atom stereocenters. The Bertz CT molecular complexity index is 1180. The molecule has 0 aliphatic heterocycles. The van der Waals surface area contributed by atoms with Crippen LogP contribution in [-0.2, 0) is 10.5 Å². The van der Waals surface area contributed by atoms with Crippen LogP contribution < -0.4 is 5.32 Å². The first-order chi connectivity index (χ1) is 14.5. The number of rotatable bonds is 6. The number of aryl methyl sites for hydroxylation is 2. The Morgan fingerprint density at radius 3 is 2.63 bits per heavy atom. The first-order valence-electron chi connectivity index (χ1n) is 9.32. The van der Waals surface area contributed by atoms with Crippen molar-refractivity contribution in [1.82, 2.24) is 25.0 Å². The fourth-order valence-electron chi connectivity index (χ4n) is 2.91. The van der Waals surface area contributed by atoms with Gasteiger partial charge in [-0.3, -0.25) is 9.36 Å². The third-order valence-electron chi connectivity index (χ3n) is 4.31. The molecule has 8 nitrogen and oxygen atoms in total. The van der Waals surface area contributed by atoms with Gasteiger partial charge in [-0.05, 0) is 44.2 Å². The number of nitrogens with zero attached hydrogens (tertiary/aromatic N) is 5. The summed E-state index contributed by atoms with van der Waals surface area (Å²) in [5.74, 6) is 2.08. The van der Waals surface area contributed by atoms with E-state index in [0.717, 1.165) is 17.1 Å². The van der Waals surface area contributed by atoms with Crippen molar-refractivity contribution in [1.29, 1.82) is 0 Å². The number of amides is 1. The first kappa shape index (κ1) is 19.8. The summed E-state index contributed by atoms with van der Waals surface area (Å²) in [4.78, 5) is 11.4. The van der Waals surface area contributed by atoms with Crippen LogP contribution in [0.4, 0.5) is 5.69 Å². The van der Waals surface area contributed by atoms with Crippen LogP contribution in [0.5, 0.6) is 0 Å². The number of nitrogens with one attached hydrogen (secondary N) is 1. The van der Waals surface area contributed by atoms with Crippen LogP contribution in [0.15, 0.2) is 58.1 Å². The molecule has 0 aliphatic carbocycles.